The maximum Gasteiger partial charge on any atom is 0.329 e. The van der Waals surface area contributed by atoms with Gasteiger partial charge in [0.2, 0.25) is 0 Å². The number of benzene rings is 1. The van der Waals surface area contributed by atoms with Gasteiger partial charge in [-0.25, -0.2) is 9.59 Å². The van der Waals surface area contributed by atoms with Gasteiger partial charge in [0.15, 0.2) is 6.61 Å². The molecule has 0 bridgehead atoms. The van der Waals surface area contributed by atoms with Crippen LogP contribution in [0, 0.1) is 0 Å². The number of amides is 3. The van der Waals surface area contributed by atoms with E-state index in [1.165, 1.54) is 11.6 Å². The minimum atomic E-state index is -0.727. The average Bonchev–Trinajstić information content (AvgIpc) is 2.90. The second kappa shape index (κ2) is 8.84. The van der Waals surface area contributed by atoms with Crippen LogP contribution in [0.4, 0.5) is 4.79 Å². The second-order valence-corrected chi connectivity index (χ2v) is 5.61. The Balaban J connectivity index is 2.00. The quantitative estimate of drug-likeness (QED) is 0.701. The van der Waals surface area contributed by atoms with E-state index in [1.54, 1.807) is 4.57 Å². The highest BCUT2D eigenvalue weighted by Gasteiger charge is 2.14. The van der Waals surface area contributed by atoms with Crippen LogP contribution < -0.4 is 16.3 Å². The zero-order chi connectivity index (χ0) is 19.1. The van der Waals surface area contributed by atoms with Crippen molar-refractivity contribution in [3.63, 3.8) is 0 Å². The van der Waals surface area contributed by atoms with Crippen molar-refractivity contribution in [2.24, 2.45) is 0 Å². The third-order valence-corrected chi connectivity index (χ3v) is 3.76. The van der Waals surface area contributed by atoms with Gasteiger partial charge in [-0.15, -0.1) is 0 Å². The number of ether oxygens (including phenoxy) is 1. The lowest BCUT2D eigenvalue weighted by molar-refractivity contribution is -0.148. The van der Waals surface area contributed by atoms with Gasteiger partial charge < -0.3 is 10.1 Å². The SMILES string of the molecule is CCCn1c(=O)n(CCC(=O)OCC(=O)NC(=O)NC)c2ccccc21. The molecule has 2 N–H and O–H groups in total. The topological polar surface area (TPSA) is 111 Å². The number of nitrogens with one attached hydrogen (secondary N) is 2. The van der Waals surface area contributed by atoms with Crippen LogP contribution in [-0.2, 0) is 27.4 Å². The van der Waals surface area contributed by atoms with Gasteiger partial charge in [-0.2, -0.15) is 0 Å². The van der Waals surface area contributed by atoms with Gasteiger partial charge in [0.1, 0.15) is 0 Å². The van der Waals surface area contributed by atoms with Crippen molar-refractivity contribution in [2.45, 2.75) is 32.9 Å². The van der Waals surface area contributed by atoms with Gasteiger partial charge in [-0.1, -0.05) is 19.1 Å². The highest BCUT2D eigenvalue weighted by Crippen LogP contribution is 2.13. The summed E-state index contributed by atoms with van der Waals surface area (Å²) >= 11 is 0. The molecule has 0 aliphatic heterocycles. The molecule has 0 fully saturated rings. The predicted molar refractivity (Wildman–Crippen MR) is 94.7 cm³/mol. The molecule has 0 saturated carbocycles. The first kappa shape index (κ1) is 19.2. The lowest BCUT2D eigenvalue weighted by atomic mass is 10.3. The predicted octanol–water partition coefficient (Wildman–Crippen LogP) is 0.602. The van der Waals surface area contributed by atoms with Crippen LogP contribution in [0.15, 0.2) is 29.1 Å². The monoisotopic (exact) mass is 362 g/mol. The van der Waals surface area contributed by atoms with Crippen molar-refractivity contribution in [1.29, 1.82) is 0 Å². The van der Waals surface area contributed by atoms with Gasteiger partial charge >= 0.3 is 17.7 Å². The van der Waals surface area contributed by atoms with Crippen molar-refractivity contribution >= 4 is 28.9 Å². The molecule has 0 aliphatic carbocycles. The molecule has 0 atom stereocenters. The van der Waals surface area contributed by atoms with Gasteiger partial charge in [-0.05, 0) is 18.6 Å². The maximum absolute atomic E-state index is 12.6. The summed E-state index contributed by atoms with van der Waals surface area (Å²) in [5, 5.41) is 4.20. The van der Waals surface area contributed by atoms with Crippen molar-refractivity contribution in [1.82, 2.24) is 19.8 Å². The number of urea groups is 1. The highest BCUT2D eigenvalue weighted by atomic mass is 16.5. The molecule has 0 aliphatic rings. The van der Waals surface area contributed by atoms with E-state index in [4.69, 9.17) is 4.74 Å². The van der Waals surface area contributed by atoms with Gasteiger partial charge in [0.25, 0.3) is 5.91 Å². The Morgan fingerprint density at radius 2 is 1.69 bits per heavy atom. The summed E-state index contributed by atoms with van der Waals surface area (Å²) in [6.07, 6.45) is 0.754. The van der Waals surface area contributed by atoms with E-state index in [-0.39, 0.29) is 18.7 Å². The van der Waals surface area contributed by atoms with E-state index >= 15 is 0 Å². The minimum Gasteiger partial charge on any atom is -0.456 e. The number of para-hydroxylation sites is 2. The summed E-state index contributed by atoms with van der Waals surface area (Å²) in [5.41, 5.74) is 1.38. The summed E-state index contributed by atoms with van der Waals surface area (Å²) in [4.78, 5) is 46.8. The molecule has 9 nitrogen and oxygen atoms in total. The zero-order valence-corrected chi connectivity index (χ0v) is 14.8. The molecule has 3 amide bonds. The number of aromatic nitrogens is 2. The van der Waals surface area contributed by atoms with Crippen molar-refractivity contribution < 1.29 is 19.1 Å². The number of carbonyl (C=O) groups excluding carboxylic acids is 3. The number of rotatable bonds is 7. The number of hydrogen-bond donors (Lipinski definition) is 2. The molecular formula is C17H22N4O5. The molecule has 1 aromatic carbocycles. The summed E-state index contributed by atoms with van der Waals surface area (Å²) in [6.45, 7) is 2.17. The number of nitrogens with zero attached hydrogens (tertiary/aromatic N) is 2. The van der Waals surface area contributed by atoms with Gasteiger partial charge in [0.05, 0.1) is 17.5 Å². The number of hydrogen-bond acceptors (Lipinski definition) is 5. The molecular weight excluding hydrogens is 340 g/mol. The Morgan fingerprint density at radius 3 is 2.27 bits per heavy atom. The van der Waals surface area contributed by atoms with E-state index in [9.17, 15) is 19.2 Å². The molecule has 2 rings (SSSR count). The number of aryl methyl sites for hydroxylation is 2. The lowest BCUT2D eigenvalue weighted by Gasteiger charge is -2.06. The fourth-order valence-corrected chi connectivity index (χ4v) is 2.57. The highest BCUT2D eigenvalue weighted by molar-refractivity contribution is 5.95. The van der Waals surface area contributed by atoms with Crippen LogP contribution >= 0.6 is 0 Å². The number of carbonyl (C=O) groups is 3. The van der Waals surface area contributed by atoms with Crippen LogP contribution in [-0.4, -0.2) is 40.7 Å². The van der Waals surface area contributed by atoms with Crippen LogP contribution in [0.3, 0.4) is 0 Å². The summed E-state index contributed by atoms with van der Waals surface area (Å²) in [6, 6.07) is 6.70. The number of fused-ring (bicyclic) bond motifs is 1. The standard InChI is InChI=1S/C17H22N4O5/c1-3-9-20-12-6-4-5-7-13(12)21(17(20)25)10-8-15(23)26-11-14(22)19-16(24)18-2/h4-7H,3,8-11H2,1-2H3,(H2,18,19,22,24). The number of esters is 1. The zero-order valence-electron chi connectivity index (χ0n) is 14.8. The van der Waals surface area contributed by atoms with Crippen LogP contribution in [0.25, 0.3) is 11.0 Å². The third kappa shape index (κ3) is 4.50. The smallest absolute Gasteiger partial charge is 0.329 e. The van der Waals surface area contributed by atoms with E-state index in [0.717, 1.165) is 17.5 Å². The Labute approximate surface area is 149 Å². The molecule has 2 aromatic rings. The molecule has 1 aromatic heterocycles. The van der Waals surface area contributed by atoms with Crippen molar-refractivity contribution in [3.8, 4) is 0 Å². The first-order valence-corrected chi connectivity index (χ1v) is 8.33. The molecule has 1 heterocycles. The molecule has 140 valence electrons. The third-order valence-electron chi connectivity index (χ3n) is 3.76. The first-order chi connectivity index (χ1) is 12.5. The van der Waals surface area contributed by atoms with Crippen LogP contribution in [0.5, 0.6) is 0 Å². The van der Waals surface area contributed by atoms with Gasteiger partial charge in [0, 0.05) is 20.1 Å². The molecule has 9 heteroatoms. The van der Waals surface area contributed by atoms with E-state index < -0.39 is 24.5 Å². The fraction of sp³-hybridized carbons (Fsp3) is 0.412. The largest absolute Gasteiger partial charge is 0.456 e. The maximum atomic E-state index is 12.6. The van der Waals surface area contributed by atoms with Crippen molar-refractivity contribution in [2.75, 3.05) is 13.7 Å². The second-order valence-electron chi connectivity index (χ2n) is 5.61. The summed E-state index contributed by atoms with van der Waals surface area (Å²) < 4.78 is 8.03. The van der Waals surface area contributed by atoms with E-state index in [0.29, 0.717) is 6.54 Å². The number of imide groups is 1. The van der Waals surface area contributed by atoms with Crippen LogP contribution in [0.2, 0.25) is 0 Å². The normalized spacial score (nSPS) is 10.5. The van der Waals surface area contributed by atoms with E-state index in [2.05, 4.69) is 5.32 Å². The fourth-order valence-electron chi connectivity index (χ4n) is 2.57. The first-order valence-electron chi connectivity index (χ1n) is 8.33. The lowest BCUT2D eigenvalue weighted by Crippen LogP contribution is -2.39. The summed E-state index contributed by atoms with van der Waals surface area (Å²) in [5.74, 6) is -1.36. The molecule has 0 unspecified atom stereocenters. The molecule has 0 radical (unpaired) electrons. The Morgan fingerprint density at radius 1 is 1.08 bits per heavy atom. The Kier molecular flexibility index (Phi) is 6.54. The van der Waals surface area contributed by atoms with Crippen LogP contribution in [0.1, 0.15) is 19.8 Å². The molecule has 26 heavy (non-hydrogen) atoms. The molecule has 0 saturated heterocycles. The minimum absolute atomic E-state index is 0.0622. The van der Waals surface area contributed by atoms with E-state index in [1.807, 2.05) is 36.5 Å². The molecule has 0 spiro atoms. The number of imidazole rings is 1. The van der Waals surface area contributed by atoms with Gasteiger partial charge in [-0.3, -0.25) is 24.0 Å². The van der Waals surface area contributed by atoms with Crippen molar-refractivity contribution in [3.05, 3.63) is 34.7 Å². The Bertz CT molecular complexity index is 868. The Hall–Kier alpha value is -3.10. The average molecular weight is 362 g/mol. The summed E-state index contributed by atoms with van der Waals surface area (Å²) in [7, 11) is 1.36.